The predicted octanol–water partition coefficient (Wildman–Crippen LogP) is 3.57. The van der Waals surface area contributed by atoms with E-state index in [9.17, 15) is 18.0 Å². The highest BCUT2D eigenvalue weighted by Gasteiger charge is 2.45. The number of hydrogen-bond acceptors (Lipinski definition) is 3. The molecule has 8 heteroatoms. The fourth-order valence-corrected chi connectivity index (χ4v) is 4.25. The van der Waals surface area contributed by atoms with E-state index < -0.39 is 11.7 Å². The first-order valence-corrected chi connectivity index (χ1v) is 9.40. The topological polar surface area (TPSA) is 41.4 Å². The number of aromatic nitrogens is 2. The highest BCUT2D eigenvalue weighted by atomic mass is 19.4. The quantitative estimate of drug-likeness (QED) is 0.785. The van der Waals surface area contributed by atoms with Crippen molar-refractivity contribution in [3.05, 3.63) is 47.2 Å². The number of likely N-dealkylation sites (tertiary alicyclic amines) is 1. The summed E-state index contributed by atoms with van der Waals surface area (Å²) in [6, 6.07) is 7.29. The molecule has 1 aromatic carbocycles. The fourth-order valence-electron chi connectivity index (χ4n) is 4.25. The molecule has 1 fully saturated rings. The number of amides is 1. The lowest BCUT2D eigenvalue weighted by Gasteiger charge is -2.46. The third kappa shape index (κ3) is 3.30. The predicted molar refractivity (Wildman–Crippen MR) is 98.9 cm³/mol. The van der Waals surface area contributed by atoms with Gasteiger partial charge in [0.15, 0.2) is 0 Å². The molecule has 0 atom stereocenters. The molecule has 2 aliphatic rings. The van der Waals surface area contributed by atoms with Crippen LogP contribution in [0.3, 0.4) is 0 Å². The van der Waals surface area contributed by atoms with E-state index in [1.807, 2.05) is 17.7 Å². The maximum Gasteiger partial charge on any atom is 0.416 e. The van der Waals surface area contributed by atoms with E-state index in [-0.39, 0.29) is 11.4 Å². The maximum absolute atomic E-state index is 12.7. The minimum absolute atomic E-state index is 0.101. The van der Waals surface area contributed by atoms with Crippen molar-refractivity contribution in [2.24, 2.45) is 0 Å². The number of piperidine rings is 1. The summed E-state index contributed by atoms with van der Waals surface area (Å²) in [6.45, 7) is 4.08. The van der Waals surface area contributed by atoms with Crippen molar-refractivity contribution in [2.75, 3.05) is 25.0 Å². The fraction of sp³-hybridized carbons (Fsp3) is 0.500. The average Bonchev–Trinajstić information content (AvgIpc) is 3.04. The molecular weight excluding hydrogens is 369 g/mol. The molecule has 2 aliphatic heterocycles. The van der Waals surface area contributed by atoms with Crippen LogP contribution >= 0.6 is 0 Å². The van der Waals surface area contributed by atoms with Crippen LogP contribution in [0.25, 0.3) is 0 Å². The van der Waals surface area contributed by atoms with E-state index in [0.29, 0.717) is 13.0 Å². The molecule has 0 N–H and O–H groups in total. The van der Waals surface area contributed by atoms with Gasteiger partial charge in [0.05, 0.1) is 23.2 Å². The molecular formula is C20H23F3N4O. The highest BCUT2D eigenvalue weighted by Crippen LogP contribution is 2.41. The van der Waals surface area contributed by atoms with Crippen molar-refractivity contribution < 1.29 is 18.0 Å². The van der Waals surface area contributed by atoms with Gasteiger partial charge in [-0.3, -0.25) is 9.69 Å². The second-order valence-electron chi connectivity index (χ2n) is 7.88. The number of rotatable bonds is 2. The summed E-state index contributed by atoms with van der Waals surface area (Å²) in [4.78, 5) is 16.4. The number of benzene rings is 1. The van der Waals surface area contributed by atoms with Crippen molar-refractivity contribution in [2.45, 2.75) is 44.4 Å². The summed E-state index contributed by atoms with van der Waals surface area (Å²) in [5.41, 5.74) is 0.825. The van der Waals surface area contributed by atoms with E-state index in [1.54, 1.807) is 24.1 Å². The van der Waals surface area contributed by atoms with E-state index >= 15 is 0 Å². The number of aryl methyl sites for hydroxylation is 1. The Hall–Kier alpha value is -2.35. The van der Waals surface area contributed by atoms with Crippen LogP contribution in [0, 0.1) is 6.92 Å². The summed E-state index contributed by atoms with van der Waals surface area (Å²) in [5.74, 6) is 0.938. The normalized spacial score (nSPS) is 19.9. The van der Waals surface area contributed by atoms with Crippen molar-refractivity contribution >= 4 is 11.7 Å². The molecule has 0 radical (unpaired) electrons. The van der Waals surface area contributed by atoms with Crippen LogP contribution in [-0.4, -0.2) is 40.7 Å². The summed E-state index contributed by atoms with van der Waals surface area (Å²) in [5, 5.41) is 4.65. The smallest absolute Gasteiger partial charge is 0.300 e. The minimum Gasteiger partial charge on any atom is -0.300 e. The summed E-state index contributed by atoms with van der Waals surface area (Å²) < 4.78 is 40.2. The molecule has 28 heavy (non-hydrogen) atoms. The first-order chi connectivity index (χ1) is 13.2. The van der Waals surface area contributed by atoms with Gasteiger partial charge in [0.25, 0.3) is 0 Å². The SMILES string of the molecule is Cc1cc2n(n1)C1(CCN(Cc3ccc(C(F)(F)F)cc3)CC1)CC(=O)N2C. The lowest BCUT2D eigenvalue weighted by atomic mass is 9.82. The Morgan fingerprint density at radius 2 is 1.79 bits per heavy atom. The number of anilines is 1. The molecule has 1 saturated heterocycles. The zero-order valence-electron chi connectivity index (χ0n) is 16.0. The first-order valence-electron chi connectivity index (χ1n) is 9.40. The summed E-state index contributed by atoms with van der Waals surface area (Å²) in [6.07, 6.45) is -2.29. The van der Waals surface area contributed by atoms with Crippen LogP contribution in [0.5, 0.6) is 0 Å². The Morgan fingerprint density at radius 1 is 1.14 bits per heavy atom. The van der Waals surface area contributed by atoms with Gasteiger partial charge in [-0.15, -0.1) is 0 Å². The van der Waals surface area contributed by atoms with E-state index in [4.69, 9.17) is 0 Å². The van der Waals surface area contributed by atoms with Gasteiger partial charge in [0.1, 0.15) is 5.82 Å². The number of fused-ring (bicyclic) bond motifs is 2. The first kappa shape index (κ1) is 19.0. The number of carbonyl (C=O) groups is 1. The molecule has 0 unspecified atom stereocenters. The molecule has 1 spiro atoms. The Morgan fingerprint density at radius 3 is 2.39 bits per heavy atom. The lowest BCUT2D eigenvalue weighted by molar-refractivity contribution is -0.137. The van der Waals surface area contributed by atoms with E-state index in [0.717, 1.165) is 55.1 Å². The van der Waals surface area contributed by atoms with Gasteiger partial charge >= 0.3 is 6.18 Å². The molecule has 1 amide bonds. The number of carbonyl (C=O) groups excluding carboxylic acids is 1. The third-order valence-electron chi connectivity index (χ3n) is 5.93. The van der Waals surface area contributed by atoms with Gasteiger partial charge in [-0.2, -0.15) is 18.3 Å². The molecule has 4 rings (SSSR count). The number of halogens is 3. The molecule has 5 nitrogen and oxygen atoms in total. The van der Waals surface area contributed by atoms with Gasteiger partial charge in [-0.05, 0) is 37.5 Å². The molecule has 150 valence electrons. The van der Waals surface area contributed by atoms with Crippen molar-refractivity contribution in [1.29, 1.82) is 0 Å². The second kappa shape index (κ2) is 6.62. The molecule has 3 heterocycles. The van der Waals surface area contributed by atoms with E-state index in [2.05, 4.69) is 10.00 Å². The Bertz CT molecular complexity index is 880. The third-order valence-corrected chi connectivity index (χ3v) is 5.93. The van der Waals surface area contributed by atoms with Crippen molar-refractivity contribution in [3.8, 4) is 0 Å². The second-order valence-corrected chi connectivity index (χ2v) is 7.88. The molecule has 0 aliphatic carbocycles. The highest BCUT2D eigenvalue weighted by molar-refractivity contribution is 5.94. The summed E-state index contributed by atoms with van der Waals surface area (Å²) in [7, 11) is 1.78. The minimum atomic E-state index is -4.31. The Balaban J connectivity index is 1.46. The Kier molecular flexibility index (Phi) is 4.49. The summed E-state index contributed by atoms with van der Waals surface area (Å²) >= 11 is 0. The monoisotopic (exact) mass is 392 g/mol. The van der Waals surface area contributed by atoms with Gasteiger partial charge < -0.3 is 4.90 Å². The van der Waals surface area contributed by atoms with Gasteiger partial charge in [0, 0.05) is 32.7 Å². The maximum atomic E-state index is 12.7. The zero-order valence-corrected chi connectivity index (χ0v) is 16.0. The zero-order chi connectivity index (χ0) is 20.1. The van der Waals surface area contributed by atoms with Crippen LogP contribution in [0.4, 0.5) is 19.0 Å². The lowest BCUT2D eigenvalue weighted by Crippen LogP contribution is -2.53. The van der Waals surface area contributed by atoms with Gasteiger partial charge in [-0.25, -0.2) is 4.68 Å². The molecule has 1 aromatic heterocycles. The van der Waals surface area contributed by atoms with Gasteiger partial charge in [0.2, 0.25) is 5.91 Å². The van der Waals surface area contributed by atoms with Crippen LogP contribution in [0.1, 0.15) is 36.1 Å². The average molecular weight is 392 g/mol. The standard InChI is InChI=1S/C20H23F3N4O/c1-14-11-17-25(2)18(28)12-19(27(17)24-14)7-9-26(10-8-19)13-15-3-5-16(6-4-15)20(21,22)23/h3-6,11H,7-10,12-13H2,1-2H3. The van der Waals surface area contributed by atoms with Crippen LogP contribution in [0.15, 0.2) is 30.3 Å². The van der Waals surface area contributed by atoms with Crippen molar-refractivity contribution in [1.82, 2.24) is 14.7 Å². The molecule has 0 saturated carbocycles. The molecule has 0 bridgehead atoms. The van der Waals surface area contributed by atoms with E-state index in [1.165, 1.54) is 0 Å². The van der Waals surface area contributed by atoms with Crippen LogP contribution in [-0.2, 0) is 23.1 Å². The largest absolute Gasteiger partial charge is 0.416 e. The molecule has 2 aromatic rings. The number of hydrogen-bond donors (Lipinski definition) is 0. The number of alkyl halides is 3. The van der Waals surface area contributed by atoms with Gasteiger partial charge in [-0.1, -0.05) is 12.1 Å². The number of nitrogens with zero attached hydrogens (tertiary/aromatic N) is 4. The van der Waals surface area contributed by atoms with Crippen molar-refractivity contribution in [3.63, 3.8) is 0 Å². The Labute approximate surface area is 161 Å². The van der Waals surface area contributed by atoms with Crippen LogP contribution in [0.2, 0.25) is 0 Å². The van der Waals surface area contributed by atoms with Crippen LogP contribution < -0.4 is 4.90 Å².